The van der Waals surface area contributed by atoms with Crippen molar-refractivity contribution in [2.24, 2.45) is 11.7 Å². The van der Waals surface area contributed by atoms with Crippen LogP contribution in [0.1, 0.15) is 30.5 Å². The lowest BCUT2D eigenvalue weighted by molar-refractivity contribution is 0.128. The molecule has 1 heterocycles. The molecule has 2 unspecified atom stereocenters. The molecule has 0 saturated heterocycles. The maximum atomic E-state index is 9.87. The Hall–Kier alpha value is -0.450. The van der Waals surface area contributed by atoms with Gasteiger partial charge in [0.25, 0.3) is 0 Å². The zero-order valence-corrected chi connectivity index (χ0v) is 9.01. The van der Waals surface area contributed by atoms with E-state index in [1.54, 1.807) is 5.51 Å². The summed E-state index contributed by atoms with van der Waals surface area (Å²) in [4.78, 5) is 4.97. The first-order valence-electron chi connectivity index (χ1n) is 4.37. The maximum Gasteiger partial charge on any atom is 0.105 e. The van der Waals surface area contributed by atoms with Gasteiger partial charge >= 0.3 is 0 Å². The fourth-order valence-electron chi connectivity index (χ4n) is 1.13. The fourth-order valence-corrected chi connectivity index (χ4v) is 1.98. The summed E-state index contributed by atoms with van der Waals surface area (Å²) in [5.74, 6) is 0.275. The second-order valence-corrected chi connectivity index (χ2v) is 4.45. The molecule has 0 radical (unpaired) electrons. The maximum absolute atomic E-state index is 9.87. The van der Waals surface area contributed by atoms with Crippen LogP contribution >= 0.6 is 11.3 Å². The molecule has 1 aromatic rings. The molecule has 0 aliphatic rings. The second-order valence-electron chi connectivity index (χ2n) is 3.57. The largest absolute Gasteiger partial charge is 0.386 e. The van der Waals surface area contributed by atoms with Gasteiger partial charge in [-0.1, -0.05) is 13.8 Å². The van der Waals surface area contributed by atoms with Crippen LogP contribution in [0.3, 0.4) is 0 Å². The van der Waals surface area contributed by atoms with Crippen molar-refractivity contribution in [3.63, 3.8) is 0 Å². The number of thiazole rings is 1. The lowest BCUT2D eigenvalue weighted by Crippen LogP contribution is -2.33. The second kappa shape index (κ2) is 4.17. The molecule has 0 amide bonds. The summed E-state index contributed by atoms with van der Waals surface area (Å²) < 4.78 is 0. The van der Waals surface area contributed by atoms with Crippen molar-refractivity contribution in [3.8, 4) is 0 Å². The Labute approximate surface area is 82.6 Å². The van der Waals surface area contributed by atoms with Crippen LogP contribution in [0.15, 0.2) is 5.51 Å². The summed E-state index contributed by atoms with van der Waals surface area (Å²) in [6, 6.07) is -0.209. The van der Waals surface area contributed by atoms with Crippen LogP contribution in [0.25, 0.3) is 0 Å². The molecule has 1 aromatic heterocycles. The molecule has 1 rings (SSSR count). The summed E-state index contributed by atoms with van der Waals surface area (Å²) in [7, 11) is 0. The Morgan fingerprint density at radius 2 is 2.15 bits per heavy atom. The van der Waals surface area contributed by atoms with Crippen LogP contribution in [0, 0.1) is 12.8 Å². The Balaban J connectivity index is 2.79. The van der Waals surface area contributed by atoms with Gasteiger partial charge in [0.1, 0.15) is 6.10 Å². The molecule has 13 heavy (non-hydrogen) atoms. The lowest BCUT2D eigenvalue weighted by Gasteiger charge is -2.21. The smallest absolute Gasteiger partial charge is 0.105 e. The third kappa shape index (κ3) is 2.27. The minimum atomic E-state index is -0.576. The number of rotatable bonds is 3. The van der Waals surface area contributed by atoms with E-state index in [1.165, 1.54) is 11.3 Å². The topological polar surface area (TPSA) is 59.1 Å². The molecule has 74 valence electrons. The van der Waals surface area contributed by atoms with Gasteiger partial charge in [0.15, 0.2) is 0 Å². The Bertz CT molecular complexity index is 272. The lowest BCUT2D eigenvalue weighted by atomic mass is 9.98. The van der Waals surface area contributed by atoms with Gasteiger partial charge in [0.2, 0.25) is 0 Å². The molecule has 0 aliphatic heterocycles. The van der Waals surface area contributed by atoms with Crippen LogP contribution in [0.2, 0.25) is 0 Å². The van der Waals surface area contributed by atoms with Gasteiger partial charge in [-0.2, -0.15) is 0 Å². The number of aliphatic hydroxyl groups is 1. The first-order chi connectivity index (χ1) is 6.04. The monoisotopic (exact) mass is 200 g/mol. The number of nitrogens with two attached hydrogens (primary N) is 1. The molecule has 2 atom stereocenters. The average molecular weight is 200 g/mol. The van der Waals surface area contributed by atoms with Gasteiger partial charge in [0, 0.05) is 6.04 Å². The summed E-state index contributed by atoms with van der Waals surface area (Å²) in [6.45, 7) is 5.90. The van der Waals surface area contributed by atoms with Crippen molar-refractivity contribution in [2.75, 3.05) is 0 Å². The van der Waals surface area contributed by atoms with Gasteiger partial charge in [0.05, 0.1) is 16.1 Å². The van der Waals surface area contributed by atoms with Crippen molar-refractivity contribution in [1.82, 2.24) is 4.98 Å². The third-order valence-electron chi connectivity index (χ3n) is 2.19. The first kappa shape index (κ1) is 10.6. The van der Waals surface area contributed by atoms with Crippen LogP contribution in [0.4, 0.5) is 0 Å². The summed E-state index contributed by atoms with van der Waals surface area (Å²) in [6.07, 6.45) is -0.576. The fraction of sp³-hybridized carbons (Fsp3) is 0.667. The van der Waals surface area contributed by atoms with E-state index in [2.05, 4.69) is 4.98 Å². The average Bonchev–Trinajstić information content (AvgIpc) is 2.48. The normalized spacial score (nSPS) is 16.2. The van der Waals surface area contributed by atoms with Gasteiger partial charge in [-0.05, 0) is 12.8 Å². The summed E-state index contributed by atoms with van der Waals surface area (Å²) in [5.41, 5.74) is 8.47. The number of aromatic nitrogens is 1. The Kier molecular flexibility index (Phi) is 3.41. The molecule has 0 saturated carbocycles. The van der Waals surface area contributed by atoms with Crippen molar-refractivity contribution in [1.29, 1.82) is 0 Å². The SMILES string of the molecule is Cc1ncsc1C(O)C(N)C(C)C. The number of hydrogen-bond donors (Lipinski definition) is 2. The van der Waals surface area contributed by atoms with E-state index in [-0.39, 0.29) is 12.0 Å². The number of aliphatic hydroxyl groups excluding tert-OH is 1. The van der Waals surface area contributed by atoms with E-state index in [9.17, 15) is 5.11 Å². The van der Waals surface area contributed by atoms with E-state index in [0.29, 0.717) is 0 Å². The van der Waals surface area contributed by atoms with Gasteiger partial charge in [-0.25, -0.2) is 4.98 Å². The van der Waals surface area contributed by atoms with Gasteiger partial charge < -0.3 is 10.8 Å². The minimum absolute atomic E-state index is 0.209. The van der Waals surface area contributed by atoms with Crippen LogP contribution < -0.4 is 5.73 Å². The highest BCUT2D eigenvalue weighted by Crippen LogP contribution is 2.26. The van der Waals surface area contributed by atoms with Crippen LogP contribution in [0.5, 0.6) is 0 Å². The van der Waals surface area contributed by atoms with Crippen molar-refractivity contribution in [2.45, 2.75) is 32.9 Å². The van der Waals surface area contributed by atoms with E-state index in [0.717, 1.165) is 10.6 Å². The van der Waals surface area contributed by atoms with E-state index in [1.807, 2.05) is 20.8 Å². The molecule has 0 bridgehead atoms. The molecular formula is C9H16N2OS. The molecule has 0 aliphatic carbocycles. The molecule has 3 nitrogen and oxygen atoms in total. The molecule has 0 aromatic carbocycles. The highest BCUT2D eigenvalue weighted by Gasteiger charge is 2.22. The minimum Gasteiger partial charge on any atom is -0.386 e. The third-order valence-corrected chi connectivity index (χ3v) is 3.19. The standard InChI is InChI=1S/C9H16N2OS/c1-5(2)7(10)8(12)9-6(3)11-4-13-9/h4-5,7-8,12H,10H2,1-3H3. The zero-order chi connectivity index (χ0) is 10.0. The van der Waals surface area contributed by atoms with E-state index in [4.69, 9.17) is 5.73 Å². The predicted molar refractivity (Wildman–Crippen MR) is 54.6 cm³/mol. The quantitative estimate of drug-likeness (QED) is 0.776. The number of aryl methyl sites for hydroxylation is 1. The van der Waals surface area contributed by atoms with Crippen molar-refractivity contribution in [3.05, 3.63) is 16.1 Å². The summed E-state index contributed by atoms with van der Waals surface area (Å²) in [5, 5.41) is 9.87. The first-order valence-corrected chi connectivity index (χ1v) is 5.25. The number of nitrogens with zero attached hydrogens (tertiary/aromatic N) is 1. The highest BCUT2D eigenvalue weighted by atomic mass is 32.1. The van der Waals surface area contributed by atoms with Crippen molar-refractivity contribution < 1.29 is 5.11 Å². The Morgan fingerprint density at radius 1 is 1.54 bits per heavy atom. The van der Waals surface area contributed by atoms with E-state index < -0.39 is 6.10 Å². The predicted octanol–water partition coefficient (Wildman–Crippen LogP) is 1.47. The van der Waals surface area contributed by atoms with Gasteiger partial charge in [-0.3, -0.25) is 0 Å². The Morgan fingerprint density at radius 3 is 2.54 bits per heavy atom. The molecule has 4 heteroatoms. The molecule has 0 fully saturated rings. The van der Waals surface area contributed by atoms with Gasteiger partial charge in [-0.15, -0.1) is 11.3 Å². The summed E-state index contributed by atoms with van der Waals surface area (Å²) >= 11 is 1.46. The highest BCUT2D eigenvalue weighted by molar-refractivity contribution is 7.09. The zero-order valence-electron chi connectivity index (χ0n) is 8.19. The molecular weight excluding hydrogens is 184 g/mol. The van der Waals surface area contributed by atoms with Crippen LogP contribution in [-0.2, 0) is 0 Å². The van der Waals surface area contributed by atoms with E-state index >= 15 is 0 Å². The molecule has 3 N–H and O–H groups in total. The number of hydrogen-bond acceptors (Lipinski definition) is 4. The molecule has 0 spiro atoms. The van der Waals surface area contributed by atoms with Crippen molar-refractivity contribution >= 4 is 11.3 Å². The van der Waals surface area contributed by atoms with Crippen LogP contribution in [-0.4, -0.2) is 16.1 Å².